The van der Waals surface area contributed by atoms with Crippen molar-refractivity contribution in [2.24, 2.45) is 0 Å². The summed E-state index contributed by atoms with van der Waals surface area (Å²) in [7, 11) is 1.34. The van der Waals surface area contributed by atoms with E-state index in [9.17, 15) is 4.79 Å². The van der Waals surface area contributed by atoms with Crippen LogP contribution in [-0.2, 0) is 16.0 Å². The van der Waals surface area contributed by atoms with Crippen molar-refractivity contribution in [3.8, 4) is 6.07 Å². The molecule has 4 heteroatoms. The average molecular weight is 254 g/mol. The summed E-state index contributed by atoms with van der Waals surface area (Å²) in [6, 6.07) is 7.11. The van der Waals surface area contributed by atoms with E-state index in [1.54, 1.807) is 18.2 Å². The van der Waals surface area contributed by atoms with Gasteiger partial charge >= 0.3 is 5.97 Å². The lowest BCUT2D eigenvalue weighted by molar-refractivity contribution is -0.139. The first-order chi connectivity index (χ1) is 6.67. The molecule has 0 aliphatic carbocycles. The monoisotopic (exact) mass is 253 g/mol. The number of esters is 1. The lowest BCUT2D eigenvalue weighted by Crippen LogP contribution is -2.05. The van der Waals surface area contributed by atoms with Crippen LogP contribution in [0.3, 0.4) is 0 Å². The van der Waals surface area contributed by atoms with Gasteiger partial charge in [0, 0.05) is 4.47 Å². The van der Waals surface area contributed by atoms with Crippen LogP contribution in [0.5, 0.6) is 0 Å². The molecule has 1 aromatic carbocycles. The van der Waals surface area contributed by atoms with Crippen LogP contribution in [0.4, 0.5) is 0 Å². The second-order valence-electron chi connectivity index (χ2n) is 2.67. The second kappa shape index (κ2) is 4.77. The summed E-state index contributed by atoms with van der Waals surface area (Å²) in [4.78, 5) is 11.0. The summed E-state index contributed by atoms with van der Waals surface area (Å²) in [5, 5.41) is 8.66. The van der Waals surface area contributed by atoms with Crippen molar-refractivity contribution in [2.75, 3.05) is 7.11 Å². The van der Waals surface area contributed by atoms with Gasteiger partial charge in [-0.2, -0.15) is 5.26 Å². The van der Waals surface area contributed by atoms with Gasteiger partial charge in [0.05, 0.1) is 25.2 Å². The Kier molecular flexibility index (Phi) is 3.66. The van der Waals surface area contributed by atoms with Crippen LogP contribution in [0.15, 0.2) is 22.7 Å². The Hall–Kier alpha value is -1.34. The van der Waals surface area contributed by atoms with E-state index in [1.807, 2.05) is 6.07 Å². The fourth-order valence-electron chi connectivity index (χ4n) is 1.01. The van der Waals surface area contributed by atoms with Gasteiger partial charge in [-0.25, -0.2) is 0 Å². The maximum Gasteiger partial charge on any atom is 0.310 e. The average Bonchev–Trinajstić information content (AvgIpc) is 2.21. The minimum atomic E-state index is -0.319. The van der Waals surface area contributed by atoms with Crippen LogP contribution in [0, 0.1) is 11.3 Å². The van der Waals surface area contributed by atoms with Crippen LogP contribution in [0.2, 0.25) is 0 Å². The molecule has 0 fully saturated rings. The van der Waals surface area contributed by atoms with Crippen LogP contribution >= 0.6 is 15.9 Å². The van der Waals surface area contributed by atoms with E-state index in [0.29, 0.717) is 5.56 Å². The Morgan fingerprint density at radius 3 is 2.93 bits per heavy atom. The molecule has 0 radical (unpaired) electrons. The molecule has 0 aliphatic rings. The standard InChI is InChI=1S/C10H8BrNO2/c1-14-10(13)5-8-4-7(6-12)2-3-9(8)11/h2-4H,5H2,1H3. The molecule has 0 saturated heterocycles. The van der Waals surface area contributed by atoms with Crippen LogP contribution in [-0.4, -0.2) is 13.1 Å². The van der Waals surface area contributed by atoms with Crippen molar-refractivity contribution in [2.45, 2.75) is 6.42 Å². The number of hydrogen-bond acceptors (Lipinski definition) is 3. The third kappa shape index (κ3) is 2.57. The van der Waals surface area contributed by atoms with E-state index in [-0.39, 0.29) is 12.4 Å². The lowest BCUT2D eigenvalue weighted by atomic mass is 10.1. The second-order valence-corrected chi connectivity index (χ2v) is 3.53. The highest BCUT2D eigenvalue weighted by Crippen LogP contribution is 2.18. The molecular weight excluding hydrogens is 246 g/mol. The number of nitriles is 1. The van der Waals surface area contributed by atoms with Crippen molar-refractivity contribution in [1.82, 2.24) is 0 Å². The fraction of sp³-hybridized carbons (Fsp3) is 0.200. The molecule has 72 valence electrons. The van der Waals surface area contributed by atoms with Crippen LogP contribution in [0.25, 0.3) is 0 Å². The van der Waals surface area contributed by atoms with E-state index >= 15 is 0 Å². The van der Waals surface area contributed by atoms with E-state index in [0.717, 1.165) is 10.0 Å². The Labute approximate surface area is 90.4 Å². The quantitative estimate of drug-likeness (QED) is 0.759. The molecule has 0 amide bonds. The molecule has 1 aromatic rings. The fourth-order valence-corrected chi connectivity index (χ4v) is 1.39. The summed E-state index contributed by atoms with van der Waals surface area (Å²) in [6.45, 7) is 0. The number of carbonyl (C=O) groups is 1. The predicted octanol–water partition coefficient (Wildman–Crippen LogP) is 2.04. The van der Waals surface area contributed by atoms with E-state index in [2.05, 4.69) is 20.7 Å². The molecule has 0 heterocycles. The summed E-state index contributed by atoms with van der Waals surface area (Å²) in [5.74, 6) is -0.319. The molecule has 0 atom stereocenters. The molecule has 0 N–H and O–H groups in total. The summed E-state index contributed by atoms with van der Waals surface area (Å²) in [5.41, 5.74) is 1.29. The lowest BCUT2D eigenvalue weighted by Gasteiger charge is -2.03. The van der Waals surface area contributed by atoms with Gasteiger partial charge in [-0.15, -0.1) is 0 Å². The van der Waals surface area contributed by atoms with E-state index in [1.165, 1.54) is 7.11 Å². The number of carbonyl (C=O) groups excluding carboxylic acids is 1. The smallest absolute Gasteiger partial charge is 0.310 e. The minimum absolute atomic E-state index is 0.173. The number of ether oxygens (including phenoxy) is 1. The Morgan fingerprint density at radius 2 is 2.36 bits per heavy atom. The van der Waals surface area contributed by atoms with Crippen LogP contribution in [0.1, 0.15) is 11.1 Å². The molecular formula is C10H8BrNO2. The number of hydrogen-bond donors (Lipinski definition) is 0. The Morgan fingerprint density at radius 1 is 1.64 bits per heavy atom. The predicted molar refractivity (Wildman–Crippen MR) is 54.6 cm³/mol. The molecule has 14 heavy (non-hydrogen) atoms. The first-order valence-electron chi connectivity index (χ1n) is 3.92. The van der Waals surface area contributed by atoms with E-state index in [4.69, 9.17) is 5.26 Å². The molecule has 0 spiro atoms. The van der Waals surface area contributed by atoms with Gasteiger partial charge in [-0.05, 0) is 23.8 Å². The highest BCUT2D eigenvalue weighted by Gasteiger charge is 2.07. The van der Waals surface area contributed by atoms with Crippen molar-refractivity contribution in [3.63, 3.8) is 0 Å². The number of methoxy groups -OCH3 is 1. The number of nitrogens with zero attached hydrogens (tertiary/aromatic N) is 1. The van der Waals surface area contributed by atoms with Gasteiger partial charge in [0.1, 0.15) is 0 Å². The summed E-state index contributed by atoms with van der Waals surface area (Å²) >= 11 is 3.30. The zero-order valence-electron chi connectivity index (χ0n) is 7.58. The largest absolute Gasteiger partial charge is 0.469 e. The topological polar surface area (TPSA) is 50.1 Å². The molecule has 0 saturated carbocycles. The van der Waals surface area contributed by atoms with Crippen LogP contribution < -0.4 is 0 Å². The third-order valence-corrected chi connectivity index (χ3v) is 2.51. The first-order valence-corrected chi connectivity index (χ1v) is 4.72. The Balaban J connectivity index is 2.96. The third-order valence-electron chi connectivity index (χ3n) is 1.74. The summed E-state index contributed by atoms with van der Waals surface area (Å²) < 4.78 is 5.35. The highest BCUT2D eigenvalue weighted by atomic mass is 79.9. The van der Waals surface area contributed by atoms with Crippen molar-refractivity contribution in [3.05, 3.63) is 33.8 Å². The normalized spacial score (nSPS) is 9.21. The first kappa shape index (κ1) is 10.7. The summed E-state index contributed by atoms with van der Waals surface area (Å²) in [6.07, 6.45) is 0.173. The zero-order chi connectivity index (χ0) is 10.6. The number of benzene rings is 1. The zero-order valence-corrected chi connectivity index (χ0v) is 9.17. The van der Waals surface area contributed by atoms with Crippen molar-refractivity contribution >= 4 is 21.9 Å². The highest BCUT2D eigenvalue weighted by molar-refractivity contribution is 9.10. The molecule has 0 unspecified atom stereocenters. The van der Waals surface area contributed by atoms with E-state index < -0.39 is 0 Å². The van der Waals surface area contributed by atoms with Crippen molar-refractivity contribution < 1.29 is 9.53 Å². The van der Waals surface area contributed by atoms with Gasteiger partial charge in [0.2, 0.25) is 0 Å². The Bertz CT molecular complexity index is 396. The van der Waals surface area contributed by atoms with Gasteiger partial charge in [0.15, 0.2) is 0 Å². The molecule has 1 rings (SSSR count). The molecule has 3 nitrogen and oxygen atoms in total. The molecule has 0 aromatic heterocycles. The van der Waals surface area contributed by atoms with Crippen molar-refractivity contribution in [1.29, 1.82) is 5.26 Å². The maximum atomic E-state index is 11.0. The molecule has 0 bridgehead atoms. The van der Waals surface area contributed by atoms with Gasteiger partial charge < -0.3 is 4.74 Å². The number of rotatable bonds is 2. The SMILES string of the molecule is COC(=O)Cc1cc(C#N)ccc1Br. The van der Waals surface area contributed by atoms with Gasteiger partial charge in [-0.3, -0.25) is 4.79 Å². The maximum absolute atomic E-state index is 11.0. The van der Waals surface area contributed by atoms with Gasteiger partial charge in [0.25, 0.3) is 0 Å². The van der Waals surface area contributed by atoms with Gasteiger partial charge in [-0.1, -0.05) is 15.9 Å². The molecule has 0 aliphatic heterocycles. The number of halogens is 1. The minimum Gasteiger partial charge on any atom is -0.469 e.